The van der Waals surface area contributed by atoms with Gasteiger partial charge in [0.25, 0.3) is 0 Å². The number of nitrogens with zero attached hydrogens (tertiary/aromatic N) is 2. The smallest absolute Gasteiger partial charge is 0.328 e. The highest BCUT2D eigenvalue weighted by molar-refractivity contribution is 5.94. The van der Waals surface area contributed by atoms with E-state index in [1.54, 1.807) is 0 Å². The van der Waals surface area contributed by atoms with E-state index >= 15 is 0 Å². The summed E-state index contributed by atoms with van der Waals surface area (Å²) in [5, 5.41) is 34.9. The van der Waals surface area contributed by atoms with Gasteiger partial charge >= 0.3 is 11.9 Å². The molecule has 0 aliphatic heterocycles. The van der Waals surface area contributed by atoms with E-state index in [1.807, 2.05) is 0 Å². The van der Waals surface area contributed by atoms with Crippen molar-refractivity contribution >= 4 is 35.6 Å². The summed E-state index contributed by atoms with van der Waals surface area (Å²) >= 11 is 0. The van der Waals surface area contributed by atoms with Gasteiger partial charge in [0, 0.05) is 31.3 Å². The molecular weight excluding hydrogens is 506 g/mol. The number of amides is 3. The predicted molar refractivity (Wildman–Crippen MR) is 132 cm³/mol. The molecule has 1 aromatic rings. The van der Waals surface area contributed by atoms with Crippen molar-refractivity contribution < 1.29 is 39.3 Å². The van der Waals surface area contributed by atoms with Crippen molar-refractivity contribution in [1.82, 2.24) is 25.9 Å². The van der Waals surface area contributed by atoms with Crippen LogP contribution in [0, 0.1) is 0 Å². The summed E-state index contributed by atoms with van der Waals surface area (Å²) in [6, 6.07) is -5.42. The van der Waals surface area contributed by atoms with Crippen LogP contribution in [0.4, 0.5) is 0 Å². The van der Waals surface area contributed by atoms with Gasteiger partial charge in [-0.1, -0.05) is 0 Å². The molecule has 17 heteroatoms. The number of guanidine groups is 1. The number of hydrogen-bond acceptors (Lipinski definition) is 9. The van der Waals surface area contributed by atoms with E-state index in [0.717, 1.165) is 0 Å². The average molecular weight is 542 g/mol. The quantitative estimate of drug-likeness (QED) is 0.0514. The maximum absolute atomic E-state index is 13.2. The Morgan fingerprint density at radius 1 is 1.03 bits per heavy atom. The van der Waals surface area contributed by atoms with Crippen molar-refractivity contribution in [1.29, 1.82) is 0 Å². The number of carbonyl (C=O) groups is 5. The van der Waals surface area contributed by atoms with Crippen LogP contribution in [0.15, 0.2) is 17.5 Å². The summed E-state index contributed by atoms with van der Waals surface area (Å²) in [6.07, 6.45) is 0.890. The second-order valence-corrected chi connectivity index (χ2v) is 8.46. The van der Waals surface area contributed by atoms with Crippen LogP contribution in [-0.2, 0) is 30.4 Å². The molecule has 17 nitrogen and oxygen atoms in total. The van der Waals surface area contributed by atoms with E-state index in [0.29, 0.717) is 5.69 Å². The summed E-state index contributed by atoms with van der Waals surface area (Å²) < 4.78 is 0. The molecule has 5 unspecified atom stereocenters. The number of nitrogens with one attached hydrogen (secondary N) is 4. The van der Waals surface area contributed by atoms with Gasteiger partial charge in [-0.05, 0) is 26.2 Å². The van der Waals surface area contributed by atoms with Gasteiger partial charge < -0.3 is 53.5 Å². The molecule has 0 radical (unpaired) electrons. The lowest BCUT2D eigenvalue weighted by Crippen LogP contribution is -2.58. The normalized spacial score (nSPS) is 14.7. The van der Waals surface area contributed by atoms with Crippen molar-refractivity contribution in [3.05, 3.63) is 18.2 Å². The maximum Gasteiger partial charge on any atom is 0.328 e. The minimum Gasteiger partial charge on any atom is -0.481 e. The van der Waals surface area contributed by atoms with E-state index < -0.39 is 59.9 Å². The van der Waals surface area contributed by atoms with Gasteiger partial charge in [-0.25, -0.2) is 9.78 Å². The summed E-state index contributed by atoms with van der Waals surface area (Å²) in [5.74, 6) is -5.33. The van der Waals surface area contributed by atoms with Gasteiger partial charge in [-0.2, -0.15) is 0 Å². The van der Waals surface area contributed by atoms with Crippen LogP contribution in [0.5, 0.6) is 0 Å². The monoisotopic (exact) mass is 541 g/mol. The predicted octanol–water partition coefficient (Wildman–Crippen LogP) is -3.88. The van der Waals surface area contributed by atoms with E-state index in [-0.39, 0.29) is 44.6 Å². The van der Waals surface area contributed by atoms with Crippen LogP contribution in [0.2, 0.25) is 0 Å². The fourth-order valence-corrected chi connectivity index (χ4v) is 3.20. The van der Waals surface area contributed by atoms with E-state index in [9.17, 15) is 34.2 Å². The van der Waals surface area contributed by atoms with Crippen LogP contribution in [-0.4, -0.2) is 97.7 Å². The maximum atomic E-state index is 13.2. The number of aromatic nitrogens is 2. The lowest BCUT2D eigenvalue weighted by atomic mass is 10.1. The molecule has 1 aromatic heterocycles. The molecule has 0 bridgehead atoms. The van der Waals surface area contributed by atoms with E-state index in [4.69, 9.17) is 22.3 Å². The van der Waals surface area contributed by atoms with Crippen LogP contribution in [0.25, 0.3) is 0 Å². The first-order chi connectivity index (χ1) is 17.8. The first-order valence-corrected chi connectivity index (χ1v) is 11.6. The van der Waals surface area contributed by atoms with Crippen LogP contribution in [0.1, 0.15) is 38.3 Å². The number of H-pyrrole nitrogens is 1. The number of carboxylic acid groups (broad SMARTS) is 2. The van der Waals surface area contributed by atoms with Gasteiger partial charge in [0.15, 0.2) is 12.0 Å². The van der Waals surface area contributed by atoms with Crippen molar-refractivity contribution in [2.75, 3.05) is 6.54 Å². The number of aliphatic hydroxyl groups excluding tert-OH is 1. The molecule has 1 heterocycles. The van der Waals surface area contributed by atoms with Crippen molar-refractivity contribution in [3.8, 4) is 0 Å². The van der Waals surface area contributed by atoms with Gasteiger partial charge in [0.1, 0.15) is 12.1 Å². The number of hydrogen-bond donors (Lipinski definition) is 10. The Hall–Kier alpha value is -4.25. The Morgan fingerprint density at radius 2 is 1.66 bits per heavy atom. The number of carboxylic acids is 2. The summed E-state index contributed by atoms with van der Waals surface area (Å²) in [6.45, 7) is 1.28. The highest BCUT2D eigenvalue weighted by Crippen LogP contribution is 2.06. The third-order valence-electron chi connectivity index (χ3n) is 5.24. The highest BCUT2D eigenvalue weighted by atomic mass is 16.4. The average Bonchev–Trinajstić information content (AvgIpc) is 3.34. The number of aliphatic imine (C=N–C) groups is 1. The van der Waals surface area contributed by atoms with Crippen molar-refractivity contribution in [2.45, 2.75) is 69.3 Å². The lowest BCUT2D eigenvalue weighted by Gasteiger charge is -2.25. The molecule has 0 aliphatic rings. The number of carbonyl (C=O) groups excluding carboxylic acids is 3. The molecule has 5 atom stereocenters. The second-order valence-electron chi connectivity index (χ2n) is 8.46. The second kappa shape index (κ2) is 15.8. The fraction of sp³-hybridized carbons (Fsp3) is 0.571. The molecule has 38 heavy (non-hydrogen) atoms. The molecule has 0 saturated heterocycles. The minimum absolute atomic E-state index is 0.0245. The number of aliphatic carboxylic acids is 2. The summed E-state index contributed by atoms with van der Waals surface area (Å²) in [5.41, 5.74) is 16.8. The lowest BCUT2D eigenvalue weighted by molar-refractivity contribution is -0.145. The number of nitrogens with two attached hydrogens (primary N) is 3. The van der Waals surface area contributed by atoms with Crippen LogP contribution >= 0.6 is 0 Å². The molecule has 0 aromatic carbocycles. The third kappa shape index (κ3) is 11.7. The number of aliphatic hydroxyl groups is 1. The fourth-order valence-electron chi connectivity index (χ4n) is 3.20. The molecular formula is C21H35N9O8. The summed E-state index contributed by atoms with van der Waals surface area (Å²) in [7, 11) is 0. The molecule has 0 aliphatic carbocycles. The van der Waals surface area contributed by atoms with Gasteiger partial charge in [0.2, 0.25) is 17.7 Å². The van der Waals surface area contributed by atoms with E-state index in [1.165, 1.54) is 19.4 Å². The Labute approximate surface area is 217 Å². The van der Waals surface area contributed by atoms with Crippen LogP contribution in [0.3, 0.4) is 0 Å². The zero-order chi connectivity index (χ0) is 28.8. The highest BCUT2D eigenvalue weighted by Gasteiger charge is 2.32. The number of aromatic amines is 1. The van der Waals surface area contributed by atoms with Gasteiger partial charge in [-0.15, -0.1) is 0 Å². The first-order valence-electron chi connectivity index (χ1n) is 11.6. The Kier molecular flexibility index (Phi) is 13.2. The molecule has 3 amide bonds. The molecule has 212 valence electrons. The summed E-state index contributed by atoms with van der Waals surface area (Å²) in [4.78, 5) is 71.2. The van der Waals surface area contributed by atoms with Gasteiger partial charge in [-0.3, -0.25) is 24.2 Å². The SMILES string of the molecule is CC(O)C(NC(=O)C(CCCN=C(N)N)NC(=O)C(Cc1cnc[nH]1)NC(=O)C(N)CCC(=O)O)C(=O)O. The van der Waals surface area contributed by atoms with Crippen molar-refractivity contribution in [3.63, 3.8) is 0 Å². The molecule has 13 N–H and O–H groups in total. The Balaban J connectivity index is 3.09. The first kappa shape index (κ1) is 31.8. The minimum atomic E-state index is -1.65. The molecule has 0 saturated carbocycles. The van der Waals surface area contributed by atoms with E-state index in [2.05, 4.69) is 30.9 Å². The van der Waals surface area contributed by atoms with Gasteiger partial charge in [0.05, 0.1) is 18.5 Å². The topological polar surface area (TPSA) is 301 Å². The Bertz CT molecular complexity index is 979. The van der Waals surface area contributed by atoms with Crippen LogP contribution < -0.4 is 33.2 Å². The van der Waals surface area contributed by atoms with Crippen molar-refractivity contribution in [2.24, 2.45) is 22.2 Å². The zero-order valence-electron chi connectivity index (χ0n) is 20.8. The standard InChI is InChI=1S/C21H35N9O8/c1-10(31)16(20(37)38)30-18(35)13(3-2-6-26-21(23)24)28-19(36)14(7-11-8-25-9-27-11)29-17(34)12(22)4-5-15(32)33/h8-10,12-14,16,31H,2-7,22H2,1H3,(H,25,27)(H,28,36)(H,29,34)(H,30,35)(H,32,33)(H,37,38)(H4,23,24,26). The molecule has 0 fully saturated rings. The number of imidazole rings is 1. The molecule has 0 spiro atoms. The largest absolute Gasteiger partial charge is 0.481 e. The zero-order valence-corrected chi connectivity index (χ0v) is 20.8. The molecule has 1 rings (SSSR count). The Morgan fingerprint density at radius 3 is 2.18 bits per heavy atom. The number of rotatable bonds is 17. The third-order valence-corrected chi connectivity index (χ3v) is 5.24.